The topological polar surface area (TPSA) is 157 Å². The molecule has 12 heteroatoms. The second-order valence-corrected chi connectivity index (χ2v) is 12.9. The molecule has 1 aromatic heterocycles. The van der Waals surface area contributed by atoms with Crippen LogP contribution in [0.4, 0.5) is 17.3 Å². The van der Waals surface area contributed by atoms with Gasteiger partial charge in [-0.3, -0.25) is 14.3 Å². The zero-order valence-electron chi connectivity index (χ0n) is 24.8. The number of hydrogen-bond donors (Lipinski definition) is 3. The number of sulfonamides is 1. The predicted molar refractivity (Wildman–Crippen MR) is 172 cm³/mol. The summed E-state index contributed by atoms with van der Waals surface area (Å²) >= 11 is 0. The molecular weight excluding hydrogens is 592 g/mol. The van der Waals surface area contributed by atoms with Crippen LogP contribution in [0.15, 0.2) is 77.8 Å². The van der Waals surface area contributed by atoms with Gasteiger partial charge in [-0.25, -0.2) is 13.4 Å². The van der Waals surface area contributed by atoms with E-state index < -0.39 is 10.0 Å². The Labute approximate surface area is 261 Å². The Hall–Kier alpha value is -4.97. The van der Waals surface area contributed by atoms with E-state index in [1.807, 2.05) is 17.0 Å². The fraction of sp³-hybridized carbons (Fsp3) is 0.273. The number of carbonyl (C=O) groups is 2. The summed E-state index contributed by atoms with van der Waals surface area (Å²) in [6, 6.07) is 19.0. The van der Waals surface area contributed by atoms with Crippen molar-refractivity contribution in [2.75, 3.05) is 35.1 Å². The summed E-state index contributed by atoms with van der Waals surface area (Å²) in [4.78, 5) is 35.5. The molecular formula is C33H34N6O5S. The van der Waals surface area contributed by atoms with Crippen LogP contribution in [-0.2, 0) is 21.2 Å². The Morgan fingerprint density at radius 1 is 1.04 bits per heavy atom. The number of rotatable bonds is 10. The number of nitrogen functional groups attached to an aromatic ring is 1. The highest BCUT2D eigenvalue weighted by atomic mass is 32.2. The molecule has 0 atom stereocenters. The van der Waals surface area contributed by atoms with Gasteiger partial charge in [0.2, 0.25) is 17.7 Å². The molecule has 11 nitrogen and oxygen atoms in total. The maximum absolute atomic E-state index is 13.3. The number of anilines is 3. The van der Waals surface area contributed by atoms with Crippen molar-refractivity contribution in [1.82, 2.24) is 15.3 Å². The van der Waals surface area contributed by atoms with Crippen molar-refractivity contribution in [2.45, 2.75) is 37.5 Å². The molecule has 6 rings (SSSR count). The normalized spacial score (nSPS) is 14.4. The number of nitrogens with zero attached hydrogens (tertiary/aromatic N) is 3. The third kappa shape index (κ3) is 6.91. The zero-order valence-corrected chi connectivity index (χ0v) is 25.6. The molecule has 2 aliphatic rings. The van der Waals surface area contributed by atoms with E-state index in [0.717, 1.165) is 53.6 Å². The minimum absolute atomic E-state index is 0.0883. The van der Waals surface area contributed by atoms with Crippen molar-refractivity contribution in [3.05, 3.63) is 89.6 Å². The number of hydrogen-bond acceptors (Lipinski definition) is 8. The van der Waals surface area contributed by atoms with Crippen molar-refractivity contribution < 1.29 is 22.7 Å². The Morgan fingerprint density at radius 3 is 2.62 bits per heavy atom. The Kier molecular flexibility index (Phi) is 8.40. The van der Waals surface area contributed by atoms with Gasteiger partial charge in [-0.1, -0.05) is 30.3 Å². The van der Waals surface area contributed by atoms with Crippen LogP contribution in [0, 0.1) is 12.8 Å². The minimum Gasteiger partial charge on any atom is -0.475 e. The molecule has 45 heavy (non-hydrogen) atoms. The van der Waals surface area contributed by atoms with Gasteiger partial charge in [0.15, 0.2) is 0 Å². The van der Waals surface area contributed by atoms with E-state index in [9.17, 15) is 18.0 Å². The lowest BCUT2D eigenvalue weighted by atomic mass is 10.0. The number of carbonyl (C=O) groups excluding carboxylic acids is 2. The highest BCUT2D eigenvalue weighted by Gasteiger charge is 2.35. The predicted octanol–water partition coefficient (Wildman–Crippen LogP) is 4.33. The third-order valence-electron chi connectivity index (χ3n) is 7.84. The van der Waals surface area contributed by atoms with Gasteiger partial charge >= 0.3 is 0 Å². The van der Waals surface area contributed by atoms with Crippen molar-refractivity contribution >= 4 is 39.2 Å². The largest absolute Gasteiger partial charge is 0.475 e. The van der Waals surface area contributed by atoms with E-state index in [-0.39, 0.29) is 41.7 Å². The summed E-state index contributed by atoms with van der Waals surface area (Å²) < 4.78 is 34.8. The smallest absolute Gasteiger partial charge is 0.261 e. The summed E-state index contributed by atoms with van der Waals surface area (Å²) in [6.45, 7) is 2.91. The summed E-state index contributed by atoms with van der Waals surface area (Å²) in [7, 11) is -3.88. The first-order chi connectivity index (χ1) is 21.7. The fourth-order valence-corrected chi connectivity index (χ4v) is 6.35. The molecule has 1 saturated carbocycles. The van der Waals surface area contributed by atoms with Gasteiger partial charge in [0.25, 0.3) is 15.9 Å². The number of nitrogens with two attached hydrogens (primary N) is 1. The van der Waals surface area contributed by atoms with E-state index in [1.165, 1.54) is 12.1 Å². The first-order valence-electron chi connectivity index (χ1n) is 14.9. The van der Waals surface area contributed by atoms with Crippen molar-refractivity contribution in [3.63, 3.8) is 0 Å². The van der Waals surface area contributed by atoms with E-state index >= 15 is 0 Å². The Balaban J connectivity index is 1.09. The molecule has 2 heterocycles. The molecule has 0 unspecified atom stereocenters. The number of fused-ring (bicyclic) bond motifs is 1. The molecule has 4 N–H and O–H groups in total. The summed E-state index contributed by atoms with van der Waals surface area (Å²) in [6.07, 6.45) is 5.16. The van der Waals surface area contributed by atoms with E-state index in [1.54, 1.807) is 55.6 Å². The van der Waals surface area contributed by atoms with Gasteiger partial charge in [0, 0.05) is 35.5 Å². The molecule has 4 aromatic rings. The van der Waals surface area contributed by atoms with Gasteiger partial charge in [-0.15, -0.1) is 0 Å². The summed E-state index contributed by atoms with van der Waals surface area (Å²) in [5.74, 6) is 0.424. The highest BCUT2D eigenvalue weighted by molar-refractivity contribution is 7.92. The van der Waals surface area contributed by atoms with Crippen LogP contribution in [0.3, 0.4) is 0 Å². The standard InChI is InChI=1S/C33H34N6O5S/c1-21-20-36-33(34)37-31(21)44-17-15-35-30(40)26-5-2-4-25(18-26)22-10-13-28(14-11-22)45(42,43)38-27-12-9-23-6-3-16-39(29(23)19-27)32(41)24-7-8-24/h2,4-5,9-14,18-20,24,38H,3,6-8,15-17H2,1H3,(H,35,40)(H2,34,36,37). The monoisotopic (exact) mass is 626 g/mol. The molecule has 3 aromatic carbocycles. The van der Waals surface area contributed by atoms with E-state index in [2.05, 4.69) is 20.0 Å². The first-order valence-corrected chi connectivity index (χ1v) is 16.3. The number of benzene rings is 3. The molecule has 0 bridgehead atoms. The van der Waals surface area contributed by atoms with Gasteiger partial charge in [-0.05, 0) is 85.7 Å². The van der Waals surface area contributed by atoms with Crippen LogP contribution in [0.25, 0.3) is 11.1 Å². The maximum atomic E-state index is 13.3. The quantitative estimate of drug-likeness (QED) is 0.220. The molecule has 232 valence electrons. The lowest BCUT2D eigenvalue weighted by molar-refractivity contribution is -0.119. The van der Waals surface area contributed by atoms with Crippen molar-refractivity contribution in [2.24, 2.45) is 5.92 Å². The van der Waals surface area contributed by atoms with Crippen LogP contribution >= 0.6 is 0 Å². The van der Waals surface area contributed by atoms with Gasteiger partial charge in [-0.2, -0.15) is 4.98 Å². The Bertz CT molecular complexity index is 1860. The summed E-state index contributed by atoms with van der Waals surface area (Å²) in [5.41, 5.74) is 10.6. The number of aryl methyl sites for hydroxylation is 2. The number of amides is 2. The zero-order chi connectivity index (χ0) is 31.6. The molecule has 1 aliphatic heterocycles. The van der Waals surface area contributed by atoms with Crippen molar-refractivity contribution in [1.29, 1.82) is 0 Å². The average molecular weight is 627 g/mol. The minimum atomic E-state index is -3.88. The lowest BCUT2D eigenvalue weighted by Gasteiger charge is -2.30. The Morgan fingerprint density at radius 2 is 1.84 bits per heavy atom. The second-order valence-electron chi connectivity index (χ2n) is 11.2. The average Bonchev–Trinajstić information content (AvgIpc) is 3.90. The van der Waals surface area contributed by atoms with Gasteiger partial charge in [0.05, 0.1) is 17.1 Å². The molecule has 1 fully saturated rings. The number of ether oxygens (including phenoxy) is 1. The molecule has 0 radical (unpaired) electrons. The molecule has 1 aliphatic carbocycles. The SMILES string of the molecule is Cc1cnc(N)nc1OCCNC(=O)c1cccc(-c2ccc(S(=O)(=O)Nc3ccc4c(c3)N(C(=O)C3CC3)CCC4)cc2)c1. The van der Waals surface area contributed by atoms with Crippen LogP contribution < -0.4 is 25.4 Å². The fourth-order valence-electron chi connectivity index (χ4n) is 5.30. The summed E-state index contributed by atoms with van der Waals surface area (Å²) in [5, 5.41) is 2.82. The second kappa shape index (κ2) is 12.6. The van der Waals surface area contributed by atoms with Crippen molar-refractivity contribution in [3.8, 4) is 17.0 Å². The van der Waals surface area contributed by atoms with E-state index in [4.69, 9.17) is 10.5 Å². The van der Waals surface area contributed by atoms with Gasteiger partial charge < -0.3 is 20.7 Å². The number of nitrogens with one attached hydrogen (secondary N) is 2. The lowest BCUT2D eigenvalue weighted by Crippen LogP contribution is -2.36. The molecule has 0 saturated heterocycles. The maximum Gasteiger partial charge on any atom is 0.261 e. The van der Waals surface area contributed by atoms with E-state index in [0.29, 0.717) is 23.7 Å². The molecule has 2 amide bonds. The van der Waals surface area contributed by atoms with Crippen LogP contribution in [0.2, 0.25) is 0 Å². The highest BCUT2D eigenvalue weighted by Crippen LogP contribution is 2.37. The van der Waals surface area contributed by atoms with Crippen LogP contribution in [-0.4, -0.2) is 49.9 Å². The van der Waals surface area contributed by atoms with Gasteiger partial charge in [0.1, 0.15) is 6.61 Å². The molecule has 0 spiro atoms. The van der Waals surface area contributed by atoms with Crippen LogP contribution in [0.5, 0.6) is 5.88 Å². The number of aromatic nitrogens is 2. The van der Waals surface area contributed by atoms with Crippen LogP contribution in [0.1, 0.15) is 40.7 Å². The third-order valence-corrected chi connectivity index (χ3v) is 9.24. The first kappa shape index (κ1) is 30.1.